The van der Waals surface area contributed by atoms with Crippen LogP contribution in [0, 0.1) is 40.9 Å². The van der Waals surface area contributed by atoms with E-state index in [1.54, 1.807) is 0 Å². The van der Waals surface area contributed by atoms with Crippen LogP contribution in [0.4, 0.5) is 8.78 Å². The summed E-state index contributed by atoms with van der Waals surface area (Å²) < 4.78 is 47.1. The van der Waals surface area contributed by atoms with E-state index < -0.39 is 34.3 Å². The molecule has 0 aromatic carbocycles. The Hall–Kier alpha value is -1.46. The summed E-state index contributed by atoms with van der Waals surface area (Å²) in [5.41, 5.74) is -1.19. The number of hydrogen-bond donors (Lipinski definition) is 0. The summed E-state index contributed by atoms with van der Waals surface area (Å²) in [6, 6.07) is 0. The van der Waals surface area contributed by atoms with E-state index in [1.807, 2.05) is 0 Å². The number of carbonyl (C=O) groups is 3. The van der Waals surface area contributed by atoms with E-state index in [1.165, 1.54) is 0 Å². The maximum Gasteiger partial charge on any atom is 0.412 e. The van der Waals surface area contributed by atoms with Gasteiger partial charge in [0, 0.05) is 17.3 Å². The van der Waals surface area contributed by atoms with Crippen LogP contribution in [-0.4, -0.2) is 41.5 Å². The molecule has 0 N–H and O–H groups in total. The van der Waals surface area contributed by atoms with E-state index in [-0.39, 0.29) is 60.7 Å². The fourth-order valence-corrected chi connectivity index (χ4v) is 9.08. The Labute approximate surface area is 199 Å². The number of halogens is 2. The number of alkyl halides is 2. The summed E-state index contributed by atoms with van der Waals surface area (Å²) in [7, 11) is 0. The molecule has 6 saturated carbocycles. The van der Waals surface area contributed by atoms with Crippen LogP contribution in [0.15, 0.2) is 0 Å². The Balaban J connectivity index is 1.11. The van der Waals surface area contributed by atoms with Gasteiger partial charge in [-0.05, 0) is 69.1 Å². The molecule has 1 heterocycles. The highest BCUT2D eigenvalue weighted by molar-refractivity contribution is 7.96. The van der Waals surface area contributed by atoms with Gasteiger partial charge in [-0.2, -0.15) is 8.78 Å². The van der Waals surface area contributed by atoms with Crippen LogP contribution in [0.5, 0.6) is 0 Å². The van der Waals surface area contributed by atoms with Crippen molar-refractivity contribution >= 4 is 30.0 Å². The third-order valence-corrected chi connectivity index (χ3v) is 9.84. The normalized spacial score (nSPS) is 45.5. The molecular formula is C23H27F2O8S-. The molecule has 0 radical (unpaired) electrons. The smallest absolute Gasteiger partial charge is 0.412 e. The molecular weight excluding hydrogens is 474 g/mol. The SMILES string of the molecule is O=C(CC1C2CC3C(=O)OC1C3C2)OC12CC3CC(CC(COC(=O)C(F)(F)SO[O-])(C3)C1)C2. The van der Waals surface area contributed by atoms with Crippen molar-refractivity contribution < 1.29 is 47.0 Å². The Morgan fingerprint density at radius 1 is 1.15 bits per heavy atom. The lowest BCUT2D eigenvalue weighted by atomic mass is 9.48. The van der Waals surface area contributed by atoms with Gasteiger partial charge in [-0.3, -0.25) is 9.59 Å². The lowest BCUT2D eigenvalue weighted by Crippen LogP contribution is -2.59. The van der Waals surface area contributed by atoms with Gasteiger partial charge in [-0.15, -0.1) is 0 Å². The van der Waals surface area contributed by atoms with Crippen LogP contribution in [0.1, 0.15) is 57.8 Å². The van der Waals surface area contributed by atoms with Gasteiger partial charge in [-0.25, -0.2) is 4.79 Å². The van der Waals surface area contributed by atoms with Gasteiger partial charge in [-0.1, -0.05) is 0 Å². The second-order valence-corrected chi connectivity index (χ2v) is 12.4. The third kappa shape index (κ3) is 3.64. The van der Waals surface area contributed by atoms with Crippen LogP contribution < -0.4 is 5.26 Å². The first-order valence-electron chi connectivity index (χ1n) is 12.1. The molecule has 0 amide bonds. The minimum atomic E-state index is -4.07. The highest BCUT2D eigenvalue weighted by atomic mass is 32.2. The van der Waals surface area contributed by atoms with Crippen LogP contribution in [0.2, 0.25) is 0 Å². The van der Waals surface area contributed by atoms with Crippen LogP contribution in [0.3, 0.4) is 0 Å². The lowest BCUT2D eigenvalue weighted by Gasteiger charge is -2.60. The average Bonchev–Trinajstić information content (AvgIpc) is 3.36. The number of ether oxygens (including phenoxy) is 3. The molecule has 8 nitrogen and oxygen atoms in total. The molecule has 188 valence electrons. The topological polar surface area (TPSA) is 111 Å². The number of fused-ring (bicyclic) bond motifs is 1. The first-order valence-corrected chi connectivity index (χ1v) is 12.8. The molecule has 7 atom stereocenters. The number of carbonyl (C=O) groups excluding carboxylic acids is 3. The van der Waals surface area contributed by atoms with Crippen molar-refractivity contribution in [3.63, 3.8) is 0 Å². The Morgan fingerprint density at radius 2 is 1.88 bits per heavy atom. The molecule has 1 saturated heterocycles. The van der Waals surface area contributed by atoms with Crippen molar-refractivity contribution in [2.45, 2.75) is 74.7 Å². The highest BCUT2D eigenvalue weighted by Crippen LogP contribution is 2.63. The van der Waals surface area contributed by atoms with Crippen LogP contribution >= 0.6 is 12.0 Å². The van der Waals surface area contributed by atoms with Gasteiger partial charge in [0.05, 0.1) is 31.0 Å². The van der Waals surface area contributed by atoms with E-state index in [2.05, 4.69) is 4.33 Å². The predicted molar refractivity (Wildman–Crippen MR) is 108 cm³/mol. The summed E-state index contributed by atoms with van der Waals surface area (Å²) in [6.07, 6.45) is 6.18. The lowest BCUT2D eigenvalue weighted by molar-refractivity contribution is -0.630. The molecule has 6 bridgehead atoms. The monoisotopic (exact) mass is 501 g/mol. The molecule has 7 unspecified atom stereocenters. The molecule has 7 fully saturated rings. The van der Waals surface area contributed by atoms with Gasteiger partial charge < -0.3 is 23.8 Å². The third-order valence-electron chi connectivity index (χ3n) is 9.40. The van der Waals surface area contributed by atoms with Gasteiger partial charge in [0.15, 0.2) is 0 Å². The standard InChI is InChI=1S/C23H28F2O8S/c24-23(25,34-33-29)20(28)30-10-21-5-11-1-12(6-21)8-22(7-11,9-21)32-17(26)4-14-13-2-15-16(3-13)19(27)31-18(14)15/h11-16,18,29H,1-10H2/p-1. The maximum absolute atomic E-state index is 13.6. The zero-order chi connectivity index (χ0) is 23.9. The molecule has 11 heteroatoms. The number of hydrogen-bond acceptors (Lipinski definition) is 9. The zero-order valence-corrected chi connectivity index (χ0v) is 19.4. The highest BCUT2D eigenvalue weighted by Gasteiger charge is 2.63. The van der Waals surface area contributed by atoms with Crippen LogP contribution in [0.25, 0.3) is 0 Å². The van der Waals surface area contributed by atoms with E-state index in [9.17, 15) is 28.4 Å². The minimum absolute atomic E-state index is 0.000950. The Morgan fingerprint density at radius 3 is 2.59 bits per heavy atom. The van der Waals surface area contributed by atoms with Gasteiger partial charge in [0.2, 0.25) is 0 Å². The van der Waals surface area contributed by atoms with E-state index >= 15 is 0 Å². The summed E-state index contributed by atoms with van der Waals surface area (Å²) >= 11 is -0.773. The summed E-state index contributed by atoms with van der Waals surface area (Å²) in [5, 5.41) is 5.97. The van der Waals surface area contributed by atoms with Gasteiger partial charge in [0.25, 0.3) is 0 Å². The Kier molecular flexibility index (Phi) is 5.25. The fourth-order valence-electron chi connectivity index (χ4n) is 8.87. The van der Waals surface area contributed by atoms with Crippen molar-refractivity contribution in [3.8, 4) is 0 Å². The maximum atomic E-state index is 13.6. The van der Waals surface area contributed by atoms with Crippen molar-refractivity contribution in [1.82, 2.24) is 0 Å². The van der Waals surface area contributed by atoms with E-state index in [4.69, 9.17) is 14.2 Å². The minimum Gasteiger partial charge on any atom is -0.710 e. The predicted octanol–water partition coefficient (Wildman–Crippen LogP) is 2.53. The zero-order valence-electron chi connectivity index (χ0n) is 18.5. The number of esters is 3. The summed E-state index contributed by atoms with van der Waals surface area (Å²) in [6.45, 7) is -0.196. The van der Waals surface area contributed by atoms with Crippen LogP contribution in [-0.2, 0) is 32.9 Å². The fraction of sp³-hybridized carbons (Fsp3) is 0.870. The molecule has 0 aromatic rings. The molecule has 0 spiro atoms. The van der Waals surface area contributed by atoms with Crippen molar-refractivity contribution in [2.24, 2.45) is 40.9 Å². The van der Waals surface area contributed by atoms with E-state index in [0.717, 1.165) is 44.9 Å². The summed E-state index contributed by atoms with van der Waals surface area (Å²) in [4.78, 5) is 36.9. The Bertz CT molecular complexity index is 897. The molecule has 0 aromatic heterocycles. The van der Waals surface area contributed by atoms with Crippen molar-refractivity contribution in [3.05, 3.63) is 0 Å². The second-order valence-electron chi connectivity index (χ2n) is 11.6. The summed E-state index contributed by atoms with van der Waals surface area (Å²) in [5.74, 6) is -1.09. The number of rotatable bonds is 8. The molecule has 34 heavy (non-hydrogen) atoms. The first kappa shape index (κ1) is 23.0. The van der Waals surface area contributed by atoms with Crippen molar-refractivity contribution in [2.75, 3.05) is 6.61 Å². The first-order chi connectivity index (χ1) is 16.1. The molecule has 7 rings (SSSR count). The van der Waals surface area contributed by atoms with E-state index in [0.29, 0.717) is 12.3 Å². The largest absolute Gasteiger partial charge is 0.710 e. The van der Waals surface area contributed by atoms with Gasteiger partial charge in [0.1, 0.15) is 11.7 Å². The van der Waals surface area contributed by atoms with Gasteiger partial charge >= 0.3 is 23.2 Å². The molecule has 7 aliphatic rings. The average molecular weight is 502 g/mol. The van der Waals surface area contributed by atoms with Crippen molar-refractivity contribution in [1.29, 1.82) is 0 Å². The molecule has 1 aliphatic heterocycles. The molecule has 6 aliphatic carbocycles. The quantitative estimate of drug-likeness (QED) is 0.163. The second kappa shape index (κ2) is 7.77.